The van der Waals surface area contributed by atoms with Gasteiger partial charge in [-0.05, 0) is 38.3 Å². The van der Waals surface area contributed by atoms with Crippen LogP contribution in [0.15, 0.2) is 18.3 Å². The second kappa shape index (κ2) is 7.47. The molecule has 1 heterocycles. The third-order valence-electron chi connectivity index (χ3n) is 3.08. The average Bonchev–Trinajstić information content (AvgIpc) is 2.38. The molecule has 1 rings (SSSR count). The summed E-state index contributed by atoms with van der Waals surface area (Å²) in [4.78, 5) is 4.37. The van der Waals surface area contributed by atoms with E-state index < -0.39 is 0 Å². The molecule has 1 aromatic rings. The molecule has 18 heavy (non-hydrogen) atoms. The highest BCUT2D eigenvalue weighted by atomic mass is 35.5. The van der Waals surface area contributed by atoms with E-state index in [-0.39, 0.29) is 5.54 Å². The van der Waals surface area contributed by atoms with Gasteiger partial charge >= 0.3 is 0 Å². The van der Waals surface area contributed by atoms with E-state index in [1.165, 1.54) is 0 Å². The van der Waals surface area contributed by atoms with Crippen molar-refractivity contribution < 1.29 is 4.74 Å². The van der Waals surface area contributed by atoms with Crippen LogP contribution >= 0.6 is 11.6 Å². The van der Waals surface area contributed by atoms with Crippen molar-refractivity contribution in [2.24, 2.45) is 0 Å². The number of alkyl halides is 1. The Bertz CT molecular complexity index is 359. The molecule has 0 saturated carbocycles. The maximum absolute atomic E-state index is 5.86. The minimum atomic E-state index is -0.0412. The Labute approximate surface area is 115 Å². The number of nitrogens with zero attached hydrogens (tertiary/aromatic N) is 1. The first-order valence-electron chi connectivity index (χ1n) is 6.57. The Morgan fingerprint density at radius 2 is 2.22 bits per heavy atom. The van der Waals surface area contributed by atoms with Crippen LogP contribution in [0.3, 0.4) is 0 Å². The normalized spacial score (nSPS) is 14.0. The smallest absolute Gasteiger partial charge is 0.169 e. The molecule has 102 valence electrons. The summed E-state index contributed by atoms with van der Waals surface area (Å²) in [5, 5.41) is 3.46. The number of hydrogen-bond donors (Lipinski definition) is 1. The highest BCUT2D eigenvalue weighted by Gasteiger charge is 2.22. The van der Waals surface area contributed by atoms with E-state index in [2.05, 4.69) is 31.1 Å². The van der Waals surface area contributed by atoms with E-state index in [0.717, 1.165) is 30.8 Å². The van der Waals surface area contributed by atoms with Crippen molar-refractivity contribution in [2.75, 3.05) is 17.8 Å². The van der Waals surface area contributed by atoms with Gasteiger partial charge in [-0.2, -0.15) is 0 Å². The number of anilines is 1. The molecule has 1 atom stereocenters. The quantitative estimate of drug-likeness (QED) is 0.723. The fraction of sp³-hybridized carbons (Fsp3) is 0.643. The molecule has 0 saturated heterocycles. The Balaban J connectivity index is 2.81. The molecule has 0 aromatic carbocycles. The highest BCUT2D eigenvalue weighted by Crippen LogP contribution is 2.27. The summed E-state index contributed by atoms with van der Waals surface area (Å²) in [5.74, 6) is 2.25. The summed E-state index contributed by atoms with van der Waals surface area (Å²) in [6.07, 6.45) is 4.65. The predicted molar refractivity (Wildman–Crippen MR) is 77.7 cm³/mol. The number of nitrogens with one attached hydrogen (secondary N) is 1. The molecule has 0 aliphatic heterocycles. The molecule has 0 fully saturated rings. The summed E-state index contributed by atoms with van der Waals surface area (Å²) in [5.41, 5.74) is -0.0412. The van der Waals surface area contributed by atoms with Crippen LogP contribution in [0, 0.1) is 0 Å². The number of hydrogen-bond acceptors (Lipinski definition) is 3. The zero-order chi connectivity index (χ0) is 13.4. The minimum absolute atomic E-state index is 0.0412. The molecule has 0 spiro atoms. The van der Waals surface area contributed by atoms with Gasteiger partial charge in [0.15, 0.2) is 11.6 Å². The van der Waals surface area contributed by atoms with Gasteiger partial charge in [0.05, 0.1) is 6.61 Å². The average molecular weight is 271 g/mol. The van der Waals surface area contributed by atoms with Gasteiger partial charge in [-0.15, -0.1) is 11.6 Å². The predicted octanol–water partition coefficient (Wildman–Crippen LogP) is 4.08. The van der Waals surface area contributed by atoms with E-state index in [0.29, 0.717) is 12.5 Å². The first-order chi connectivity index (χ1) is 8.65. The van der Waals surface area contributed by atoms with Gasteiger partial charge in [-0.25, -0.2) is 4.98 Å². The van der Waals surface area contributed by atoms with Crippen LogP contribution in [-0.4, -0.2) is 23.0 Å². The van der Waals surface area contributed by atoms with E-state index in [4.69, 9.17) is 16.3 Å². The van der Waals surface area contributed by atoms with Gasteiger partial charge in [0.25, 0.3) is 0 Å². The number of halogens is 1. The second-order valence-corrected chi connectivity index (χ2v) is 5.05. The molecule has 0 amide bonds. The summed E-state index contributed by atoms with van der Waals surface area (Å²) in [6.45, 7) is 7.11. The van der Waals surface area contributed by atoms with Crippen molar-refractivity contribution in [3.63, 3.8) is 0 Å². The zero-order valence-corrected chi connectivity index (χ0v) is 12.3. The maximum atomic E-state index is 5.86. The van der Waals surface area contributed by atoms with E-state index in [1.54, 1.807) is 6.20 Å². The summed E-state index contributed by atoms with van der Waals surface area (Å²) in [6, 6.07) is 3.84. The molecule has 0 radical (unpaired) electrons. The van der Waals surface area contributed by atoms with Crippen LogP contribution in [-0.2, 0) is 0 Å². The topological polar surface area (TPSA) is 34.1 Å². The summed E-state index contributed by atoms with van der Waals surface area (Å²) < 4.78 is 5.70. The Hall–Kier alpha value is -0.960. The molecular weight excluding hydrogens is 248 g/mol. The number of pyridine rings is 1. The van der Waals surface area contributed by atoms with Gasteiger partial charge in [0, 0.05) is 17.6 Å². The van der Waals surface area contributed by atoms with Crippen LogP contribution in [0.5, 0.6) is 5.75 Å². The van der Waals surface area contributed by atoms with E-state index >= 15 is 0 Å². The standard InChI is InChI=1S/C14H23ClN2O/c1-4-11-18-12-7-6-10-16-13(12)17-14(3,5-2)8-9-15/h6-7,10H,4-5,8-9,11H2,1-3H3,(H,16,17). The first kappa shape index (κ1) is 15.1. The van der Waals surface area contributed by atoms with E-state index in [1.807, 2.05) is 12.1 Å². The van der Waals surface area contributed by atoms with Crippen molar-refractivity contribution in [1.29, 1.82) is 0 Å². The van der Waals surface area contributed by atoms with Crippen LogP contribution < -0.4 is 10.1 Å². The fourth-order valence-corrected chi connectivity index (χ4v) is 2.05. The fourth-order valence-electron chi connectivity index (χ4n) is 1.63. The molecule has 1 N–H and O–H groups in total. The SMILES string of the molecule is CCCOc1cccnc1NC(C)(CC)CCCl. The Morgan fingerprint density at radius 3 is 2.83 bits per heavy atom. The van der Waals surface area contributed by atoms with Gasteiger partial charge in [0.1, 0.15) is 0 Å². The van der Waals surface area contributed by atoms with Crippen LogP contribution in [0.25, 0.3) is 0 Å². The van der Waals surface area contributed by atoms with Crippen LogP contribution in [0.1, 0.15) is 40.0 Å². The third kappa shape index (κ3) is 4.37. The highest BCUT2D eigenvalue weighted by molar-refractivity contribution is 6.17. The molecule has 0 aliphatic carbocycles. The van der Waals surface area contributed by atoms with Crippen molar-refractivity contribution in [3.8, 4) is 5.75 Å². The number of rotatable bonds is 8. The van der Waals surface area contributed by atoms with Crippen molar-refractivity contribution >= 4 is 17.4 Å². The zero-order valence-electron chi connectivity index (χ0n) is 11.5. The lowest BCUT2D eigenvalue weighted by molar-refractivity contribution is 0.316. The molecule has 1 unspecified atom stereocenters. The van der Waals surface area contributed by atoms with Gasteiger partial charge in [-0.3, -0.25) is 0 Å². The minimum Gasteiger partial charge on any atom is -0.490 e. The van der Waals surface area contributed by atoms with Crippen molar-refractivity contribution in [1.82, 2.24) is 4.98 Å². The van der Waals surface area contributed by atoms with Gasteiger partial charge in [0.2, 0.25) is 0 Å². The summed E-state index contributed by atoms with van der Waals surface area (Å²) >= 11 is 5.86. The largest absolute Gasteiger partial charge is 0.490 e. The molecular formula is C14H23ClN2O. The number of aromatic nitrogens is 1. The van der Waals surface area contributed by atoms with Crippen molar-refractivity contribution in [2.45, 2.75) is 45.6 Å². The van der Waals surface area contributed by atoms with E-state index in [9.17, 15) is 0 Å². The Morgan fingerprint density at radius 1 is 1.44 bits per heavy atom. The lowest BCUT2D eigenvalue weighted by Crippen LogP contribution is -2.35. The number of ether oxygens (including phenoxy) is 1. The van der Waals surface area contributed by atoms with Gasteiger partial charge in [-0.1, -0.05) is 13.8 Å². The van der Waals surface area contributed by atoms with Crippen LogP contribution in [0.2, 0.25) is 0 Å². The lowest BCUT2D eigenvalue weighted by Gasteiger charge is -2.30. The molecule has 1 aromatic heterocycles. The molecule has 0 aliphatic rings. The molecule has 3 nitrogen and oxygen atoms in total. The van der Waals surface area contributed by atoms with Crippen molar-refractivity contribution in [3.05, 3.63) is 18.3 Å². The maximum Gasteiger partial charge on any atom is 0.169 e. The second-order valence-electron chi connectivity index (χ2n) is 4.68. The third-order valence-corrected chi connectivity index (χ3v) is 3.27. The van der Waals surface area contributed by atoms with Gasteiger partial charge < -0.3 is 10.1 Å². The Kier molecular flexibility index (Phi) is 6.27. The monoisotopic (exact) mass is 270 g/mol. The van der Waals surface area contributed by atoms with Crippen LogP contribution in [0.4, 0.5) is 5.82 Å². The lowest BCUT2D eigenvalue weighted by atomic mass is 9.95. The molecule has 0 bridgehead atoms. The first-order valence-corrected chi connectivity index (χ1v) is 7.10. The molecule has 4 heteroatoms. The summed E-state index contributed by atoms with van der Waals surface area (Å²) in [7, 11) is 0.